The number of hydrogen-bond acceptors (Lipinski definition) is 5. The van der Waals surface area contributed by atoms with Gasteiger partial charge in [-0.15, -0.1) is 0 Å². The van der Waals surface area contributed by atoms with Crippen molar-refractivity contribution in [1.29, 1.82) is 0 Å². The van der Waals surface area contributed by atoms with Crippen LogP contribution in [0.4, 0.5) is 5.69 Å². The molecule has 0 unspecified atom stereocenters. The second-order valence-corrected chi connectivity index (χ2v) is 4.33. The molecule has 1 rings (SSSR count). The van der Waals surface area contributed by atoms with E-state index < -0.39 is 16.5 Å². The number of carbonyl (C=O) groups is 1. The van der Waals surface area contributed by atoms with Crippen LogP contribution in [0.2, 0.25) is 0 Å². The zero-order chi connectivity index (χ0) is 13.9. The van der Waals surface area contributed by atoms with Gasteiger partial charge in [-0.1, -0.05) is 6.07 Å². The first-order valence-electron chi connectivity index (χ1n) is 5.30. The van der Waals surface area contributed by atoms with Crippen molar-refractivity contribution in [2.75, 3.05) is 7.11 Å². The summed E-state index contributed by atoms with van der Waals surface area (Å²) < 4.78 is 10.00. The summed E-state index contributed by atoms with van der Waals surface area (Å²) in [6, 6.07) is 4.47. The molecule has 0 saturated carbocycles. The smallest absolute Gasteiger partial charge is 0.349 e. The summed E-state index contributed by atoms with van der Waals surface area (Å²) in [5, 5.41) is 10.9. The van der Waals surface area contributed by atoms with Crippen molar-refractivity contribution < 1.29 is 19.2 Å². The molecule has 0 heterocycles. The van der Waals surface area contributed by atoms with Crippen molar-refractivity contribution in [1.82, 2.24) is 0 Å². The molecule has 0 aromatic heterocycles. The Balaban J connectivity index is 3.13. The minimum atomic E-state index is -1.28. The maximum absolute atomic E-state index is 11.5. The van der Waals surface area contributed by atoms with Crippen LogP contribution in [0.25, 0.3) is 0 Å². The fraction of sp³-hybridized carbons (Fsp3) is 0.417. The maximum Gasteiger partial charge on any atom is 0.349 e. The molecule has 0 aliphatic heterocycles. The molecule has 1 aromatic rings. The van der Waals surface area contributed by atoms with Gasteiger partial charge >= 0.3 is 11.7 Å². The molecule has 0 amide bonds. The van der Waals surface area contributed by atoms with Gasteiger partial charge in [0.05, 0.1) is 12.0 Å². The third kappa shape index (κ3) is 2.97. The van der Waals surface area contributed by atoms with E-state index in [4.69, 9.17) is 4.74 Å². The molecular formula is C12H15NO5. The van der Waals surface area contributed by atoms with E-state index in [1.54, 1.807) is 13.0 Å². The van der Waals surface area contributed by atoms with Gasteiger partial charge in [0.2, 0.25) is 5.60 Å². The minimum absolute atomic E-state index is 0.0513. The second-order valence-electron chi connectivity index (χ2n) is 4.33. The van der Waals surface area contributed by atoms with Gasteiger partial charge in [0.15, 0.2) is 5.75 Å². The maximum atomic E-state index is 11.5. The molecule has 0 aliphatic carbocycles. The SMILES string of the molecule is COC(=O)C(C)(C)Oc1cc(C)ccc1[N+](=O)[O-]. The normalized spacial score (nSPS) is 10.9. The van der Waals surface area contributed by atoms with E-state index in [0.717, 1.165) is 5.56 Å². The van der Waals surface area contributed by atoms with E-state index in [1.807, 2.05) is 0 Å². The van der Waals surface area contributed by atoms with Gasteiger partial charge < -0.3 is 9.47 Å². The molecular weight excluding hydrogens is 238 g/mol. The van der Waals surface area contributed by atoms with Crippen molar-refractivity contribution in [3.63, 3.8) is 0 Å². The Kier molecular flexibility index (Phi) is 3.90. The second kappa shape index (κ2) is 5.03. The summed E-state index contributed by atoms with van der Waals surface area (Å²) in [6.07, 6.45) is 0. The van der Waals surface area contributed by atoms with Gasteiger partial charge in [-0.3, -0.25) is 10.1 Å². The van der Waals surface area contributed by atoms with E-state index in [0.29, 0.717) is 0 Å². The lowest BCUT2D eigenvalue weighted by atomic mass is 10.1. The predicted molar refractivity (Wildman–Crippen MR) is 64.6 cm³/mol. The molecule has 1 aromatic carbocycles. The Morgan fingerprint density at radius 2 is 2.00 bits per heavy atom. The monoisotopic (exact) mass is 253 g/mol. The lowest BCUT2D eigenvalue weighted by Gasteiger charge is -2.23. The lowest BCUT2D eigenvalue weighted by Crippen LogP contribution is -2.39. The van der Waals surface area contributed by atoms with E-state index in [2.05, 4.69) is 4.74 Å². The van der Waals surface area contributed by atoms with Crippen molar-refractivity contribution >= 4 is 11.7 Å². The van der Waals surface area contributed by atoms with Crippen LogP contribution >= 0.6 is 0 Å². The summed E-state index contributed by atoms with van der Waals surface area (Å²) in [4.78, 5) is 21.8. The van der Waals surface area contributed by atoms with Gasteiger partial charge in [-0.2, -0.15) is 0 Å². The number of rotatable bonds is 4. The van der Waals surface area contributed by atoms with Crippen LogP contribution in [-0.4, -0.2) is 23.6 Å². The highest BCUT2D eigenvalue weighted by molar-refractivity contribution is 5.79. The average Bonchev–Trinajstić information content (AvgIpc) is 2.26. The first kappa shape index (κ1) is 14.0. The number of nitro groups is 1. The summed E-state index contributed by atoms with van der Waals surface area (Å²) >= 11 is 0. The van der Waals surface area contributed by atoms with Gasteiger partial charge in [0, 0.05) is 6.07 Å². The van der Waals surface area contributed by atoms with Crippen LogP contribution in [0.1, 0.15) is 19.4 Å². The van der Waals surface area contributed by atoms with Crippen molar-refractivity contribution in [3.8, 4) is 5.75 Å². The summed E-state index contributed by atoms with van der Waals surface area (Å²) in [6.45, 7) is 4.76. The van der Waals surface area contributed by atoms with Crippen LogP contribution < -0.4 is 4.74 Å². The molecule has 0 saturated heterocycles. The molecule has 0 radical (unpaired) electrons. The van der Waals surface area contributed by atoms with Gasteiger partial charge in [0.25, 0.3) is 0 Å². The van der Waals surface area contributed by atoms with Crippen molar-refractivity contribution in [2.24, 2.45) is 0 Å². The molecule has 18 heavy (non-hydrogen) atoms. The van der Waals surface area contributed by atoms with Crippen LogP contribution in [0.3, 0.4) is 0 Å². The minimum Gasteiger partial charge on any atom is -0.469 e. The number of carbonyl (C=O) groups excluding carboxylic acids is 1. The Bertz CT molecular complexity index is 481. The van der Waals surface area contributed by atoms with Crippen LogP contribution in [0.5, 0.6) is 5.75 Å². The number of nitrogens with zero attached hydrogens (tertiary/aromatic N) is 1. The molecule has 0 bridgehead atoms. The van der Waals surface area contributed by atoms with Gasteiger partial charge in [-0.25, -0.2) is 4.79 Å². The Hall–Kier alpha value is -2.11. The Labute approximate surface area is 105 Å². The molecule has 0 spiro atoms. The molecule has 98 valence electrons. The number of esters is 1. The highest BCUT2D eigenvalue weighted by atomic mass is 16.6. The van der Waals surface area contributed by atoms with E-state index in [1.165, 1.54) is 33.1 Å². The Morgan fingerprint density at radius 3 is 2.50 bits per heavy atom. The predicted octanol–water partition coefficient (Wildman–Crippen LogP) is 2.23. The number of benzene rings is 1. The van der Waals surface area contributed by atoms with Gasteiger partial charge in [-0.05, 0) is 32.4 Å². The van der Waals surface area contributed by atoms with Crippen LogP contribution in [0.15, 0.2) is 18.2 Å². The molecule has 0 atom stereocenters. The number of methoxy groups -OCH3 is 1. The fourth-order valence-electron chi connectivity index (χ4n) is 1.42. The largest absolute Gasteiger partial charge is 0.469 e. The summed E-state index contributed by atoms with van der Waals surface area (Å²) in [7, 11) is 1.23. The number of ether oxygens (including phenoxy) is 2. The number of aryl methyl sites for hydroxylation is 1. The van der Waals surface area contributed by atoms with E-state index >= 15 is 0 Å². The van der Waals surface area contributed by atoms with Crippen LogP contribution in [-0.2, 0) is 9.53 Å². The van der Waals surface area contributed by atoms with E-state index in [9.17, 15) is 14.9 Å². The van der Waals surface area contributed by atoms with Crippen LogP contribution in [0, 0.1) is 17.0 Å². The average molecular weight is 253 g/mol. The summed E-state index contributed by atoms with van der Waals surface area (Å²) in [5.74, 6) is -0.547. The Morgan fingerprint density at radius 1 is 1.39 bits per heavy atom. The number of nitro benzene ring substituents is 1. The molecule has 0 fully saturated rings. The third-order valence-electron chi connectivity index (χ3n) is 2.35. The molecule has 6 nitrogen and oxygen atoms in total. The first-order valence-corrected chi connectivity index (χ1v) is 5.30. The number of hydrogen-bond donors (Lipinski definition) is 0. The lowest BCUT2D eigenvalue weighted by molar-refractivity contribution is -0.386. The topological polar surface area (TPSA) is 78.7 Å². The molecule has 6 heteroatoms. The zero-order valence-electron chi connectivity index (χ0n) is 10.7. The first-order chi connectivity index (χ1) is 8.27. The molecule has 0 aliphatic rings. The molecule has 0 N–H and O–H groups in total. The third-order valence-corrected chi connectivity index (χ3v) is 2.35. The highest BCUT2D eigenvalue weighted by Crippen LogP contribution is 2.31. The summed E-state index contributed by atoms with van der Waals surface area (Å²) in [5.41, 5.74) is -0.665. The quantitative estimate of drug-likeness (QED) is 0.467. The zero-order valence-corrected chi connectivity index (χ0v) is 10.7. The van der Waals surface area contributed by atoms with Crippen molar-refractivity contribution in [2.45, 2.75) is 26.4 Å². The van der Waals surface area contributed by atoms with Crippen molar-refractivity contribution in [3.05, 3.63) is 33.9 Å². The van der Waals surface area contributed by atoms with Gasteiger partial charge in [0.1, 0.15) is 0 Å². The van der Waals surface area contributed by atoms with E-state index in [-0.39, 0.29) is 11.4 Å². The highest BCUT2D eigenvalue weighted by Gasteiger charge is 2.33. The standard InChI is InChI=1S/C12H15NO5/c1-8-5-6-9(13(15)16)10(7-8)18-12(2,3)11(14)17-4/h5-7H,1-4H3. The fourth-order valence-corrected chi connectivity index (χ4v) is 1.42.